The molecule has 148 valence electrons. The molecular weight excluding hydrogens is 345 g/mol. The molecule has 2 fully saturated rings. The molecule has 0 radical (unpaired) electrons. The maximum atomic E-state index is 13.9. The third kappa shape index (κ3) is 4.49. The van der Waals surface area contributed by atoms with E-state index in [-0.39, 0.29) is 23.0 Å². The molecule has 2 aliphatic rings. The number of hydrogen-bond donors (Lipinski definition) is 0. The van der Waals surface area contributed by atoms with Crippen LogP contribution in [-0.4, -0.2) is 73.3 Å². The van der Waals surface area contributed by atoms with E-state index in [1.165, 1.54) is 6.07 Å². The lowest BCUT2D eigenvalue weighted by Gasteiger charge is -2.48. The molecule has 5 nitrogen and oxygen atoms in total. The van der Waals surface area contributed by atoms with Gasteiger partial charge in [0.15, 0.2) is 0 Å². The van der Waals surface area contributed by atoms with Gasteiger partial charge in [0.05, 0.1) is 0 Å². The number of likely N-dealkylation sites (tertiary alicyclic amines) is 2. The number of aryl methyl sites for hydroxylation is 1. The van der Waals surface area contributed by atoms with Crippen molar-refractivity contribution in [3.05, 3.63) is 35.1 Å². The van der Waals surface area contributed by atoms with Gasteiger partial charge in [-0.15, -0.1) is 0 Å². The fraction of sp³-hybridized carbons (Fsp3) is 0.619. The first-order valence-corrected chi connectivity index (χ1v) is 9.78. The number of carbonyl (C=O) groups excluding carboxylic acids is 2. The van der Waals surface area contributed by atoms with Gasteiger partial charge in [-0.1, -0.05) is 6.07 Å². The quantitative estimate of drug-likeness (QED) is 0.812. The van der Waals surface area contributed by atoms with Crippen LogP contribution in [0.4, 0.5) is 4.39 Å². The average Bonchev–Trinajstić information content (AvgIpc) is 2.64. The molecule has 2 heterocycles. The van der Waals surface area contributed by atoms with Crippen LogP contribution < -0.4 is 0 Å². The van der Waals surface area contributed by atoms with Gasteiger partial charge in [-0.2, -0.15) is 0 Å². The van der Waals surface area contributed by atoms with E-state index in [1.54, 1.807) is 19.1 Å². The molecule has 0 N–H and O–H groups in total. The van der Waals surface area contributed by atoms with Crippen LogP contribution in [0.5, 0.6) is 0 Å². The highest BCUT2D eigenvalue weighted by Gasteiger charge is 2.42. The lowest BCUT2D eigenvalue weighted by atomic mass is 9.73. The van der Waals surface area contributed by atoms with Crippen LogP contribution in [0.2, 0.25) is 0 Å². The van der Waals surface area contributed by atoms with Gasteiger partial charge in [-0.3, -0.25) is 9.59 Å². The summed E-state index contributed by atoms with van der Waals surface area (Å²) in [7, 11) is 4.01. The van der Waals surface area contributed by atoms with E-state index in [2.05, 4.69) is 4.90 Å². The Morgan fingerprint density at radius 1 is 1.26 bits per heavy atom. The maximum absolute atomic E-state index is 13.9. The SMILES string of the molecule is Cc1ccc(C(=O)N2CCC[C@@]3(CCC(=O)N(CCN(C)C)C3)C2)cc1F. The van der Waals surface area contributed by atoms with Crippen molar-refractivity contribution in [1.82, 2.24) is 14.7 Å². The molecule has 0 saturated carbocycles. The van der Waals surface area contributed by atoms with Crippen molar-refractivity contribution < 1.29 is 14.0 Å². The second kappa shape index (κ2) is 7.97. The first-order valence-electron chi connectivity index (χ1n) is 9.78. The van der Waals surface area contributed by atoms with Crippen LogP contribution >= 0.6 is 0 Å². The summed E-state index contributed by atoms with van der Waals surface area (Å²) in [4.78, 5) is 31.1. The summed E-state index contributed by atoms with van der Waals surface area (Å²) in [6, 6.07) is 4.70. The monoisotopic (exact) mass is 375 g/mol. The number of halogens is 1. The van der Waals surface area contributed by atoms with Gasteiger partial charge < -0.3 is 14.7 Å². The number of carbonyl (C=O) groups is 2. The molecule has 0 bridgehead atoms. The second-order valence-corrected chi connectivity index (χ2v) is 8.41. The number of hydrogen-bond acceptors (Lipinski definition) is 3. The van der Waals surface area contributed by atoms with Crippen molar-refractivity contribution in [2.75, 3.05) is 46.8 Å². The molecule has 27 heavy (non-hydrogen) atoms. The van der Waals surface area contributed by atoms with Crippen molar-refractivity contribution in [3.8, 4) is 0 Å². The lowest BCUT2D eigenvalue weighted by Crippen LogP contribution is -2.55. The van der Waals surface area contributed by atoms with E-state index in [0.717, 1.165) is 32.4 Å². The normalized spacial score (nSPS) is 23.4. The Morgan fingerprint density at radius 2 is 2.04 bits per heavy atom. The highest BCUT2D eigenvalue weighted by molar-refractivity contribution is 5.94. The fourth-order valence-corrected chi connectivity index (χ4v) is 4.25. The molecule has 6 heteroatoms. The van der Waals surface area contributed by atoms with Crippen LogP contribution in [-0.2, 0) is 4.79 Å². The standard InChI is InChI=1S/C21H30FN3O2/c1-16-5-6-17(13-18(16)22)20(27)25-10-4-8-21(15-25)9-7-19(26)24(14-21)12-11-23(2)3/h5-6,13H,4,7-12,14-15H2,1-3H3/t21-/m0/s1. The number of rotatable bonds is 4. The third-order valence-corrected chi connectivity index (χ3v) is 5.93. The minimum Gasteiger partial charge on any atom is -0.341 e. The summed E-state index contributed by atoms with van der Waals surface area (Å²) in [5, 5.41) is 0. The van der Waals surface area contributed by atoms with Gasteiger partial charge >= 0.3 is 0 Å². The summed E-state index contributed by atoms with van der Waals surface area (Å²) in [5.41, 5.74) is 0.924. The lowest BCUT2D eigenvalue weighted by molar-refractivity contribution is -0.139. The second-order valence-electron chi connectivity index (χ2n) is 8.41. The number of benzene rings is 1. The zero-order valence-electron chi connectivity index (χ0n) is 16.6. The topological polar surface area (TPSA) is 43.9 Å². The van der Waals surface area contributed by atoms with Gasteiger partial charge in [0.1, 0.15) is 5.82 Å². The van der Waals surface area contributed by atoms with Crippen LogP contribution in [0.25, 0.3) is 0 Å². The molecular formula is C21H30FN3O2. The largest absolute Gasteiger partial charge is 0.341 e. The van der Waals surface area contributed by atoms with Crippen molar-refractivity contribution in [2.45, 2.75) is 32.6 Å². The molecule has 0 aliphatic carbocycles. The zero-order valence-corrected chi connectivity index (χ0v) is 16.6. The molecule has 0 aromatic heterocycles. The van der Waals surface area contributed by atoms with Crippen LogP contribution in [0.15, 0.2) is 18.2 Å². The van der Waals surface area contributed by atoms with Gasteiger partial charge in [-0.05, 0) is 58.0 Å². The Morgan fingerprint density at radius 3 is 2.74 bits per heavy atom. The van der Waals surface area contributed by atoms with E-state index in [0.29, 0.717) is 37.2 Å². The summed E-state index contributed by atoms with van der Waals surface area (Å²) in [5.74, 6) is -0.234. The van der Waals surface area contributed by atoms with E-state index < -0.39 is 0 Å². The summed E-state index contributed by atoms with van der Waals surface area (Å²) < 4.78 is 13.9. The summed E-state index contributed by atoms with van der Waals surface area (Å²) in [6.45, 7) is 5.32. The molecule has 1 atom stereocenters. The Hall–Kier alpha value is -1.95. The Labute approximate surface area is 161 Å². The van der Waals surface area contributed by atoms with Crippen molar-refractivity contribution >= 4 is 11.8 Å². The Bertz CT molecular complexity index is 721. The van der Waals surface area contributed by atoms with Gasteiger partial charge in [0, 0.05) is 50.1 Å². The predicted molar refractivity (Wildman–Crippen MR) is 103 cm³/mol. The highest BCUT2D eigenvalue weighted by Crippen LogP contribution is 2.39. The maximum Gasteiger partial charge on any atom is 0.253 e. The summed E-state index contributed by atoms with van der Waals surface area (Å²) >= 11 is 0. The number of likely N-dealkylation sites (N-methyl/N-ethyl adjacent to an activating group) is 1. The molecule has 2 saturated heterocycles. The van der Waals surface area contributed by atoms with Crippen molar-refractivity contribution in [2.24, 2.45) is 5.41 Å². The smallest absolute Gasteiger partial charge is 0.253 e. The van der Waals surface area contributed by atoms with Crippen molar-refractivity contribution in [1.29, 1.82) is 0 Å². The molecule has 2 aliphatic heterocycles. The first-order chi connectivity index (χ1) is 12.8. The Balaban J connectivity index is 1.71. The Kier molecular flexibility index (Phi) is 5.84. The van der Waals surface area contributed by atoms with Gasteiger partial charge in [0.25, 0.3) is 5.91 Å². The first kappa shape index (κ1) is 19.8. The van der Waals surface area contributed by atoms with Gasteiger partial charge in [-0.25, -0.2) is 4.39 Å². The van der Waals surface area contributed by atoms with Crippen LogP contribution in [0, 0.1) is 18.2 Å². The van der Waals surface area contributed by atoms with Crippen molar-refractivity contribution in [3.63, 3.8) is 0 Å². The zero-order chi connectivity index (χ0) is 19.6. The summed E-state index contributed by atoms with van der Waals surface area (Å²) in [6.07, 6.45) is 3.34. The van der Waals surface area contributed by atoms with E-state index in [4.69, 9.17) is 0 Å². The number of amides is 2. The van der Waals surface area contributed by atoms with E-state index in [9.17, 15) is 14.0 Å². The molecule has 2 amide bonds. The molecule has 1 aromatic rings. The minimum absolute atomic E-state index is 0.0304. The minimum atomic E-state index is -0.342. The molecule has 1 spiro atoms. The molecule has 1 aromatic carbocycles. The number of nitrogens with zero attached hydrogens (tertiary/aromatic N) is 3. The van der Waals surface area contributed by atoms with Crippen LogP contribution in [0.3, 0.4) is 0 Å². The molecule has 0 unspecified atom stereocenters. The fourth-order valence-electron chi connectivity index (χ4n) is 4.25. The van der Waals surface area contributed by atoms with E-state index >= 15 is 0 Å². The predicted octanol–water partition coefficient (Wildman–Crippen LogP) is 2.54. The van der Waals surface area contributed by atoms with E-state index in [1.807, 2.05) is 23.9 Å². The molecule has 3 rings (SSSR count). The van der Waals surface area contributed by atoms with Crippen LogP contribution in [0.1, 0.15) is 41.6 Å². The van der Waals surface area contributed by atoms with Gasteiger partial charge in [0.2, 0.25) is 5.91 Å². The third-order valence-electron chi connectivity index (χ3n) is 5.93. The highest BCUT2D eigenvalue weighted by atomic mass is 19.1. The number of piperidine rings is 2. The average molecular weight is 375 g/mol.